The third-order valence-electron chi connectivity index (χ3n) is 5.18. The summed E-state index contributed by atoms with van der Waals surface area (Å²) in [4.78, 5) is 12.6. The minimum atomic E-state index is -0.468. The molecule has 2 aromatic carbocycles. The number of amides is 1. The molecular weight excluding hydrogens is 306 g/mol. The van der Waals surface area contributed by atoms with Gasteiger partial charge >= 0.3 is 0 Å². The van der Waals surface area contributed by atoms with Crippen LogP contribution in [0.25, 0.3) is 11.1 Å². The Labute approximate surface area is 150 Å². The Bertz CT molecular complexity index is 759. The van der Waals surface area contributed by atoms with E-state index >= 15 is 0 Å². The second-order valence-corrected chi connectivity index (χ2v) is 6.87. The van der Waals surface area contributed by atoms with Gasteiger partial charge in [0.1, 0.15) is 5.54 Å². The first-order valence-corrected chi connectivity index (χ1v) is 9.15. The molecule has 0 radical (unpaired) electrons. The molecule has 0 saturated heterocycles. The zero-order valence-electron chi connectivity index (χ0n) is 14.8. The Hall–Kier alpha value is -2.53. The molecule has 0 unspecified atom stereocenters. The number of benzene rings is 2. The lowest BCUT2D eigenvalue weighted by atomic mass is 9.82. The van der Waals surface area contributed by atoms with E-state index < -0.39 is 5.54 Å². The highest BCUT2D eigenvalue weighted by Crippen LogP contribution is 2.28. The number of rotatable bonds is 4. The standard InChI is InChI=1S/C23H25NO/c1-3-18-8-10-19(11-9-18)20-12-14-21(15-13-20)22(25)24-23(4-2)16-6-5-7-17-23/h2,8-15H,3,5-7,16-17H2,1H3,(H,24,25). The average Bonchev–Trinajstić information content (AvgIpc) is 2.69. The van der Waals surface area contributed by atoms with Crippen LogP contribution in [0.5, 0.6) is 0 Å². The number of carbonyl (C=O) groups excluding carboxylic acids is 1. The highest BCUT2D eigenvalue weighted by Gasteiger charge is 2.31. The van der Waals surface area contributed by atoms with Crippen LogP contribution in [0.2, 0.25) is 0 Å². The second-order valence-electron chi connectivity index (χ2n) is 6.87. The predicted octanol–water partition coefficient (Wildman–Crippen LogP) is 4.98. The van der Waals surface area contributed by atoms with E-state index in [-0.39, 0.29) is 5.91 Å². The van der Waals surface area contributed by atoms with Gasteiger partial charge in [-0.2, -0.15) is 0 Å². The molecule has 1 amide bonds. The summed E-state index contributed by atoms with van der Waals surface area (Å²) in [5, 5.41) is 3.10. The first-order valence-electron chi connectivity index (χ1n) is 9.15. The molecule has 1 saturated carbocycles. The molecule has 2 heteroatoms. The van der Waals surface area contributed by atoms with Gasteiger partial charge < -0.3 is 5.32 Å². The molecule has 128 valence electrons. The van der Waals surface area contributed by atoms with Crippen LogP contribution in [0.15, 0.2) is 48.5 Å². The lowest BCUT2D eigenvalue weighted by Crippen LogP contribution is -2.48. The Morgan fingerprint density at radius 3 is 2.08 bits per heavy atom. The normalized spacial score (nSPS) is 16.0. The van der Waals surface area contributed by atoms with Crippen molar-refractivity contribution in [3.05, 3.63) is 59.7 Å². The summed E-state index contributed by atoms with van der Waals surface area (Å²) in [5.74, 6) is 2.76. The van der Waals surface area contributed by atoms with E-state index in [0.717, 1.165) is 43.2 Å². The summed E-state index contributed by atoms with van der Waals surface area (Å²) in [5.41, 5.74) is 3.80. The number of hydrogen-bond donors (Lipinski definition) is 1. The molecule has 1 N–H and O–H groups in total. The number of carbonyl (C=O) groups is 1. The molecule has 0 spiro atoms. The van der Waals surface area contributed by atoms with Gasteiger partial charge in [0.25, 0.3) is 5.91 Å². The molecule has 0 aromatic heterocycles. The largest absolute Gasteiger partial charge is 0.336 e. The molecule has 1 aliphatic rings. The lowest BCUT2D eigenvalue weighted by Gasteiger charge is -2.33. The van der Waals surface area contributed by atoms with Gasteiger partial charge in [-0.15, -0.1) is 6.42 Å². The van der Waals surface area contributed by atoms with Crippen LogP contribution in [0.4, 0.5) is 0 Å². The molecule has 1 aliphatic carbocycles. The van der Waals surface area contributed by atoms with Crippen molar-refractivity contribution < 1.29 is 4.79 Å². The van der Waals surface area contributed by atoms with Crippen LogP contribution in [0.1, 0.15) is 54.9 Å². The van der Waals surface area contributed by atoms with Crippen LogP contribution in [-0.2, 0) is 6.42 Å². The summed E-state index contributed by atoms with van der Waals surface area (Å²) in [6, 6.07) is 16.3. The van der Waals surface area contributed by atoms with E-state index in [2.05, 4.69) is 42.4 Å². The van der Waals surface area contributed by atoms with Crippen LogP contribution < -0.4 is 5.32 Å². The maximum Gasteiger partial charge on any atom is 0.252 e. The monoisotopic (exact) mass is 331 g/mol. The zero-order chi connectivity index (χ0) is 17.7. The third-order valence-corrected chi connectivity index (χ3v) is 5.18. The maximum absolute atomic E-state index is 12.6. The zero-order valence-corrected chi connectivity index (χ0v) is 14.8. The van der Waals surface area contributed by atoms with E-state index in [1.54, 1.807) is 0 Å². The molecule has 1 fully saturated rings. The number of nitrogens with one attached hydrogen (secondary N) is 1. The molecule has 2 nitrogen and oxygen atoms in total. The fourth-order valence-corrected chi connectivity index (χ4v) is 3.50. The average molecular weight is 331 g/mol. The van der Waals surface area contributed by atoms with Crippen molar-refractivity contribution in [1.82, 2.24) is 5.32 Å². The van der Waals surface area contributed by atoms with Crippen LogP contribution >= 0.6 is 0 Å². The van der Waals surface area contributed by atoms with Crippen molar-refractivity contribution >= 4 is 5.91 Å². The Balaban J connectivity index is 1.73. The smallest absolute Gasteiger partial charge is 0.252 e. The van der Waals surface area contributed by atoms with Crippen molar-refractivity contribution in [2.24, 2.45) is 0 Å². The van der Waals surface area contributed by atoms with Crippen molar-refractivity contribution in [1.29, 1.82) is 0 Å². The first kappa shape index (κ1) is 17.3. The van der Waals surface area contributed by atoms with Gasteiger partial charge in [0.05, 0.1) is 0 Å². The van der Waals surface area contributed by atoms with E-state index in [0.29, 0.717) is 5.56 Å². The summed E-state index contributed by atoms with van der Waals surface area (Å²) in [6.45, 7) is 2.15. The summed E-state index contributed by atoms with van der Waals surface area (Å²) < 4.78 is 0. The van der Waals surface area contributed by atoms with Gasteiger partial charge in [0.2, 0.25) is 0 Å². The maximum atomic E-state index is 12.6. The van der Waals surface area contributed by atoms with Crippen molar-refractivity contribution in [3.8, 4) is 23.5 Å². The third kappa shape index (κ3) is 3.94. The van der Waals surface area contributed by atoms with Gasteiger partial charge in [0.15, 0.2) is 0 Å². The molecule has 3 rings (SSSR count). The highest BCUT2D eigenvalue weighted by atomic mass is 16.1. The minimum Gasteiger partial charge on any atom is -0.336 e. The Morgan fingerprint density at radius 1 is 1.00 bits per heavy atom. The number of terminal acetylenes is 1. The number of hydrogen-bond acceptors (Lipinski definition) is 1. The molecule has 0 atom stereocenters. The minimum absolute atomic E-state index is 0.0762. The fraction of sp³-hybridized carbons (Fsp3) is 0.348. The van der Waals surface area contributed by atoms with Crippen LogP contribution in [-0.4, -0.2) is 11.4 Å². The van der Waals surface area contributed by atoms with Gasteiger partial charge in [0, 0.05) is 5.56 Å². The topological polar surface area (TPSA) is 29.1 Å². The summed E-state index contributed by atoms with van der Waals surface area (Å²) in [6.07, 6.45) is 11.9. The molecule has 25 heavy (non-hydrogen) atoms. The van der Waals surface area contributed by atoms with E-state index in [1.165, 1.54) is 12.0 Å². The molecular formula is C23H25NO. The Morgan fingerprint density at radius 2 is 1.56 bits per heavy atom. The quantitative estimate of drug-likeness (QED) is 0.786. The molecule has 0 bridgehead atoms. The van der Waals surface area contributed by atoms with Gasteiger partial charge in [-0.1, -0.05) is 68.5 Å². The van der Waals surface area contributed by atoms with Crippen molar-refractivity contribution in [2.75, 3.05) is 0 Å². The lowest BCUT2D eigenvalue weighted by molar-refractivity contribution is 0.0904. The highest BCUT2D eigenvalue weighted by molar-refractivity contribution is 5.95. The molecule has 2 aromatic rings. The van der Waals surface area contributed by atoms with E-state index in [9.17, 15) is 4.79 Å². The fourth-order valence-electron chi connectivity index (χ4n) is 3.50. The summed E-state index contributed by atoms with van der Waals surface area (Å²) >= 11 is 0. The molecule has 0 heterocycles. The van der Waals surface area contributed by atoms with Gasteiger partial charge in [-0.25, -0.2) is 0 Å². The van der Waals surface area contributed by atoms with Crippen molar-refractivity contribution in [3.63, 3.8) is 0 Å². The second kappa shape index (κ2) is 7.57. The van der Waals surface area contributed by atoms with Gasteiger partial charge in [-0.3, -0.25) is 4.79 Å². The van der Waals surface area contributed by atoms with Crippen LogP contribution in [0.3, 0.4) is 0 Å². The SMILES string of the molecule is C#CC1(NC(=O)c2ccc(-c3ccc(CC)cc3)cc2)CCCCC1. The Kier molecular flexibility index (Phi) is 5.24. The molecule has 0 aliphatic heterocycles. The van der Waals surface area contributed by atoms with Gasteiger partial charge in [-0.05, 0) is 48.1 Å². The number of aryl methyl sites for hydroxylation is 1. The van der Waals surface area contributed by atoms with Crippen molar-refractivity contribution in [2.45, 2.75) is 51.0 Å². The summed E-state index contributed by atoms with van der Waals surface area (Å²) in [7, 11) is 0. The van der Waals surface area contributed by atoms with E-state index in [1.807, 2.05) is 24.3 Å². The first-order chi connectivity index (χ1) is 12.2. The predicted molar refractivity (Wildman–Crippen MR) is 103 cm³/mol. The van der Waals surface area contributed by atoms with Crippen LogP contribution in [0, 0.1) is 12.3 Å². The van der Waals surface area contributed by atoms with E-state index in [4.69, 9.17) is 6.42 Å².